The lowest BCUT2D eigenvalue weighted by atomic mass is 10.1. The molecule has 1 fully saturated rings. The van der Waals surface area contributed by atoms with Crippen LogP contribution in [0.4, 0.5) is 0 Å². The molecule has 1 aromatic carbocycles. The van der Waals surface area contributed by atoms with E-state index in [1.807, 2.05) is 17.0 Å². The zero-order valence-corrected chi connectivity index (χ0v) is 16.8. The van der Waals surface area contributed by atoms with Crippen LogP contribution in [-0.4, -0.2) is 56.3 Å². The molecule has 1 aromatic rings. The van der Waals surface area contributed by atoms with Gasteiger partial charge in [-0.2, -0.15) is 0 Å². The maximum atomic E-state index is 12.0. The van der Waals surface area contributed by atoms with Crippen molar-refractivity contribution in [2.24, 2.45) is 4.99 Å². The Labute approximate surface area is 167 Å². The lowest BCUT2D eigenvalue weighted by Crippen LogP contribution is -2.38. The van der Waals surface area contributed by atoms with Gasteiger partial charge in [-0.05, 0) is 50.3 Å². The van der Waals surface area contributed by atoms with E-state index in [1.165, 1.54) is 5.56 Å². The molecule has 0 spiro atoms. The monoisotopic (exact) mass is 388 g/mol. The van der Waals surface area contributed by atoms with E-state index in [1.54, 1.807) is 0 Å². The van der Waals surface area contributed by atoms with Gasteiger partial charge in [-0.25, -0.2) is 0 Å². The second-order valence-electron chi connectivity index (χ2n) is 7.17. The van der Waals surface area contributed by atoms with Crippen molar-refractivity contribution in [3.05, 3.63) is 23.8 Å². The third-order valence-corrected chi connectivity index (χ3v) is 5.01. The highest BCUT2D eigenvalue weighted by Crippen LogP contribution is 2.32. The maximum Gasteiger partial charge on any atom is 0.231 e. The third-order valence-electron chi connectivity index (χ3n) is 5.01. The zero-order valence-electron chi connectivity index (χ0n) is 16.8. The second-order valence-corrected chi connectivity index (χ2v) is 7.17. The molecule has 0 atom stereocenters. The van der Waals surface area contributed by atoms with Gasteiger partial charge in [0, 0.05) is 39.1 Å². The van der Waals surface area contributed by atoms with Gasteiger partial charge in [-0.1, -0.05) is 12.5 Å². The highest BCUT2D eigenvalue weighted by atomic mass is 16.7. The van der Waals surface area contributed by atoms with E-state index in [0.29, 0.717) is 25.7 Å². The average molecular weight is 389 g/mol. The van der Waals surface area contributed by atoms with Gasteiger partial charge < -0.3 is 25.0 Å². The summed E-state index contributed by atoms with van der Waals surface area (Å²) in [6.07, 6.45) is 5.80. The Morgan fingerprint density at radius 2 is 2.07 bits per heavy atom. The van der Waals surface area contributed by atoms with Crippen LogP contribution in [0.15, 0.2) is 23.2 Å². The van der Waals surface area contributed by atoms with Gasteiger partial charge in [0.1, 0.15) is 0 Å². The van der Waals surface area contributed by atoms with Crippen molar-refractivity contribution in [3.63, 3.8) is 0 Å². The molecule has 0 radical (unpaired) electrons. The number of fused-ring (bicyclic) bond motifs is 1. The Hall–Kier alpha value is -2.44. The summed E-state index contributed by atoms with van der Waals surface area (Å²) >= 11 is 0. The molecule has 2 aliphatic heterocycles. The number of hydrogen-bond donors (Lipinski definition) is 2. The topological polar surface area (TPSA) is 75.2 Å². The van der Waals surface area contributed by atoms with E-state index < -0.39 is 0 Å². The standard InChI is InChI=1S/C21H32N4O3/c1-2-22-21(23-11-6-14-25-13-5-3-4-7-20(25)26)24-12-10-17-8-9-18-19(15-17)28-16-27-18/h8-9,15H,2-7,10-14,16H2,1H3,(H2,22,23,24). The van der Waals surface area contributed by atoms with Gasteiger partial charge in [-0.15, -0.1) is 0 Å². The van der Waals surface area contributed by atoms with Crippen LogP contribution in [0, 0.1) is 0 Å². The van der Waals surface area contributed by atoms with Crippen molar-refractivity contribution in [2.45, 2.75) is 45.4 Å². The molecule has 1 saturated heterocycles. The van der Waals surface area contributed by atoms with Gasteiger partial charge in [0.2, 0.25) is 12.7 Å². The number of likely N-dealkylation sites (tertiary alicyclic amines) is 1. The molecule has 2 heterocycles. The number of carbonyl (C=O) groups is 1. The van der Waals surface area contributed by atoms with Gasteiger partial charge in [0.15, 0.2) is 17.5 Å². The summed E-state index contributed by atoms with van der Waals surface area (Å²) < 4.78 is 10.8. The fraction of sp³-hybridized carbons (Fsp3) is 0.619. The molecule has 0 aromatic heterocycles. The first-order chi connectivity index (χ1) is 13.8. The lowest BCUT2D eigenvalue weighted by molar-refractivity contribution is -0.130. The van der Waals surface area contributed by atoms with Crippen molar-refractivity contribution in [3.8, 4) is 11.5 Å². The van der Waals surface area contributed by atoms with Crippen molar-refractivity contribution < 1.29 is 14.3 Å². The predicted molar refractivity (Wildman–Crippen MR) is 110 cm³/mol. The summed E-state index contributed by atoms with van der Waals surface area (Å²) in [7, 11) is 0. The molecule has 2 aliphatic rings. The Morgan fingerprint density at radius 1 is 1.18 bits per heavy atom. The van der Waals surface area contributed by atoms with Crippen LogP contribution in [0.1, 0.15) is 44.6 Å². The van der Waals surface area contributed by atoms with E-state index in [0.717, 1.165) is 75.7 Å². The number of nitrogens with zero attached hydrogens (tertiary/aromatic N) is 2. The Bertz CT molecular complexity index is 678. The number of amides is 1. The Morgan fingerprint density at radius 3 is 2.96 bits per heavy atom. The Kier molecular flexibility index (Phi) is 7.82. The van der Waals surface area contributed by atoms with E-state index in [2.05, 4.69) is 28.6 Å². The molecule has 7 nitrogen and oxygen atoms in total. The van der Waals surface area contributed by atoms with Crippen molar-refractivity contribution in [1.82, 2.24) is 15.5 Å². The molecular weight excluding hydrogens is 356 g/mol. The number of nitrogens with one attached hydrogen (secondary N) is 2. The van der Waals surface area contributed by atoms with E-state index in [9.17, 15) is 4.79 Å². The zero-order chi connectivity index (χ0) is 19.6. The first-order valence-corrected chi connectivity index (χ1v) is 10.4. The molecule has 7 heteroatoms. The first-order valence-electron chi connectivity index (χ1n) is 10.4. The number of benzene rings is 1. The highest BCUT2D eigenvalue weighted by Gasteiger charge is 2.15. The minimum absolute atomic E-state index is 0.301. The number of hydrogen-bond acceptors (Lipinski definition) is 4. The molecule has 3 rings (SSSR count). The summed E-state index contributed by atoms with van der Waals surface area (Å²) in [6, 6.07) is 6.06. The first kappa shape index (κ1) is 20.3. The number of guanidine groups is 1. The average Bonchev–Trinajstić information content (AvgIpc) is 3.07. The van der Waals surface area contributed by atoms with Crippen LogP contribution in [0.2, 0.25) is 0 Å². The van der Waals surface area contributed by atoms with Crippen LogP contribution >= 0.6 is 0 Å². The van der Waals surface area contributed by atoms with Gasteiger partial charge in [0.05, 0.1) is 0 Å². The van der Waals surface area contributed by atoms with Crippen LogP contribution in [0.5, 0.6) is 11.5 Å². The minimum Gasteiger partial charge on any atom is -0.454 e. The quantitative estimate of drug-likeness (QED) is 0.406. The van der Waals surface area contributed by atoms with Crippen molar-refractivity contribution >= 4 is 11.9 Å². The van der Waals surface area contributed by atoms with Gasteiger partial charge >= 0.3 is 0 Å². The highest BCUT2D eigenvalue weighted by molar-refractivity contribution is 5.79. The molecule has 28 heavy (non-hydrogen) atoms. The molecule has 2 N–H and O–H groups in total. The summed E-state index contributed by atoms with van der Waals surface area (Å²) in [5, 5.41) is 6.66. The largest absolute Gasteiger partial charge is 0.454 e. The third kappa shape index (κ3) is 6.04. The molecule has 154 valence electrons. The molecule has 0 unspecified atom stereocenters. The predicted octanol–water partition coefficient (Wildman–Crippen LogP) is 2.31. The normalized spacial score (nSPS) is 16.8. The minimum atomic E-state index is 0.301. The molecule has 0 bridgehead atoms. The summed E-state index contributed by atoms with van der Waals surface area (Å²) in [5.74, 6) is 2.76. The van der Waals surface area contributed by atoms with E-state index in [-0.39, 0.29) is 0 Å². The summed E-state index contributed by atoms with van der Waals surface area (Å²) in [4.78, 5) is 18.7. The smallest absolute Gasteiger partial charge is 0.231 e. The van der Waals surface area contributed by atoms with Gasteiger partial charge in [0.25, 0.3) is 0 Å². The van der Waals surface area contributed by atoms with Crippen LogP contribution in [0.25, 0.3) is 0 Å². The maximum absolute atomic E-state index is 12.0. The lowest BCUT2D eigenvalue weighted by Gasteiger charge is -2.20. The van der Waals surface area contributed by atoms with Gasteiger partial charge in [-0.3, -0.25) is 9.79 Å². The molecule has 1 amide bonds. The molecule has 0 aliphatic carbocycles. The number of aliphatic imine (C=N–C) groups is 1. The van der Waals surface area contributed by atoms with Crippen LogP contribution in [-0.2, 0) is 11.2 Å². The number of carbonyl (C=O) groups excluding carboxylic acids is 1. The fourth-order valence-corrected chi connectivity index (χ4v) is 3.49. The number of ether oxygens (including phenoxy) is 2. The van der Waals surface area contributed by atoms with E-state index >= 15 is 0 Å². The summed E-state index contributed by atoms with van der Waals surface area (Å²) in [6.45, 7) is 6.39. The number of rotatable bonds is 8. The van der Waals surface area contributed by atoms with Crippen molar-refractivity contribution in [1.29, 1.82) is 0 Å². The second kappa shape index (κ2) is 10.8. The SMILES string of the molecule is CCNC(=NCCCN1CCCCCC1=O)NCCc1ccc2c(c1)OCO2. The fourth-order valence-electron chi connectivity index (χ4n) is 3.49. The van der Waals surface area contributed by atoms with Crippen LogP contribution in [0.3, 0.4) is 0 Å². The Balaban J connectivity index is 1.40. The molecule has 0 saturated carbocycles. The summed E-state index contributed by atoms with van der Waals surface area (Å²) in [5.41, 5.74) is 1.20. The van der Waals surface area contributed by atoms with E-state index in [4.69, 9.17) is 9.47 Å². The molecular formula is C21H32N4O3. The van der Waals surface area contributed by atoms with Crippen LogP contribution < -0.4 is 20.1 Å². The van der Waals surface area contributed by atoms with Crippen molar-refractivity contribution in [2.75, 3.05) is 39.5 Å².